The van der Waals surface area contributed by atoms with E-state index in [1.807, 2.05) is 46.0 Å². The third-order valence-electron chi connectivity index (χ3n) is 4.64. The number of hydrogen-bond acceptors (Lipinski definition) is 5. The maximum atomic E-state index is 6.19. The summed E-state index contributed by atoms with van der Waals surface area (Å²) in [5.41, 5.74) is 11.5. The predicted octanol–water partition coefficient (Wildman–Crippen LogP) is 3.04. The number of nitrogens with zero attached hydrogens (tertiary/aromatic N) is 3. The van der Waals surface area contributed by atoms with Crippen molar-refractivity contribution >= 4 is 28.3 Å². The first kappa shape index (κ1) is 17.0. The molecule has 0 radical (unpaired) electrons. The van der Waals surface area contributed by atoms with Crippen LogP contribution in [0.15, 0.2) is 43.0 Å². The Morgan fingerprint density at radius 3 is 3.00 bits per heavy atom. The molecule has 136 valence electrons. The molecule has 3 aromatic rings. The highest BCUT2D eigenvalue weighted by molar-refractivity contribution is 6.31. The molecule has 8 heteroatoms. The van der Waals surface area contributed by atoms with Gasteiger partial charge in [0.15, 0.2) is 0 Å². The molecule has 1 saturated heterocycles. The number of hydrazine groups is 1. The molecule has 1 aromatic carbocycles. The molecular weight excluding hydrogens is 352 g/mol. The molecule has 0 aliphatic carbocycles. The Labute approximate surface area is 156 Å². The van der Waals surface area contributed by atoms with Crippen LogP contribution < -0.4 is 17.0 Å². The lowest BCUT2D eigenvalue weighted by atomic mass is 10.1. The Balaban J connectivity index is 1.79. The maximum absolute atomic E-state index is 6.19. The van der Waals surface area contributed by atoms with E-state index < -0.39 is 0 Å². The normalized spacial score (nSPS) is 18.4. The fourth-order valence-electron chi connectivity index (χ4n) is 3.37. The lowest BCUT2D eigenvalue weighted by Gasteiger charge is -2.22. The van der Waals surface area contributed by atoms with Gasteiger partial charge in [0.05, 0.1) is 17.9 Å². The molecule has 26 heavy (non-hydrogen) atoms. The Hall–Kier alpha value is -2.48. The van der Waals surface area contributed by atoms with Crippen LogP contribution in [0.2, 0.25) is 5.02 Å². The summed E-state index contributed by atoms with van der Waals surface area (Å²) in [6.07, 6.45) is 10.6. The molecule has 0 saturated carbocycles. The van der Waals surface area contributed by atoms with Crippen molar-refractivity contribution < 1.29 is 4.74 Å². The highest BCUT2D eigenvalue weighted by Gasteiger charge is 2.19. The van der Waals surface area contributed by atoms with Gasteiger partial charge in [0, 0.05) is 40.5 Å². The second kappa shape index (κ2) is 7.03. The fraction of sp³-hybridized carbons (Fsp3) is 0.278. The van der Waals surface area contributed by atoms with Gasteiger partial charge in [0.1, 0.15) is 12.0 Å². The molecule has 1 aliphatic heterocycles. The topological polar surface area (TPSA) is 96.0 Å². The number of nitrogens with two attached hydrogens (primary N) is 2. The van der Waals surface area contributed by atoms with Gasteiger partial charge in [-0.1, -0.05) is 17.7 Å². The van der Waals surface area contributed by atoms with Gasteiger partial charge in [-0.05, 0) is 31.4 Å². The van der Waals surface area contributed by atoms with Crippen molar-refractivity contribution in [3.05, 3.63) is 48.0 Å². The number of benzene rings is 1. The van der Waals surface area contributed by atoms with Crippen LogP contribution in [0.4, 0.5) is 0 Å². The molecule has 1 atom stereocenters. The van der Waals surface area contributed by atoms with Crippen LogP contribution in [-0.2, 0) is 4.74 Å². The molecule has 2 aromatic heterocycles. The van der Waals surface area contributed by atoms with Crippen LogP contribution >= 0.6 is 11.6 Å². The summed E-state index contributed by atoms with van der Waals surface area (Å²) in [6.45, 7) is 0.783. The average Bonchev–Trinajstić information content (AvgIpc) is 3.27. The van der Waals surface area contributed by atoms with Crippen molar-refractivity contribution in [1.29, 1.82) is 0 Å². The molecule has 0 amide bonds. The smallest absolute Gasteiger partial charge is 0.150 e. The summed E-state index contributed by atoms with van der Waals surface area (Å²) in [4.78, 5) is 0. The molecule has 0 spiro atoms. The number of hydrogen-bond donors (Lipinski definition) is 3. The minimum absolute atomic E-state index is 0.00620. The Bertz CT molecular complexity index is 954. The third kappa shape index (κ3) is 3.05. The summed E-state index contributed by atoms with van der Waals surface area (Å²) < 4.78 is 9.57. The second-order valence-corrected chi connectivity index (χ2v) is 6.78. The van der Waals surface area contributed by atoms with Gasteiger partial charge in [-0.15, -0.1) is 0 Å². The van der Waals surface area contributed by atoms with Gasteiger partial charge >= 0.3 is 0 Å². The van der Waals surface area contributed by atoms with Crippen molar-refractivity contribution in [1.82, 2.24) is 19.8 Å². The number of ether oxygens (including phenoxy) is 1. The largest absolute Gasteiger partial charge is 0.384 e. The van der Waals surface area contributed by atoms with Gasteiger partial charge < -0.3 is 20.5 Å². The highest BCUT2D eigenvalue weighted by Crippen LogP contribution is 2.34. The van der Waals surface area contributed by atoms with E-state index in [9.17, 15) is 0 Å². The fourth-order valence-corrected chi connectivity index (χ4v) is 3.53. The summed E-state index contributed by atoms with van der Waals surface area (Å²) in [6, 6.07) is 5.74. The first-order valence-electron chi connectivity index (χ1n) is 8.56. The zero-order valence-corrected chi connectivity index (χ0v) is 15.0. The van der Waals surface area contributed by atoms with E-state index >= 15 is 0 Å². The number of nitrogens with one attached hydrogen (secondary N) is 1. The first-order chi connectivity index (χ1) is 12.7. The van der Waals surface area contributed by atoms with E-state index in [4.69, 9.17) is 27.9 Å². The van der Waals surface area contributed by atoms with E-state index in [0.29, 0.717) is 10.8 Å². The van der Waals surface area contributed by atoms with E-state index in [2.05, 4.69) is 10.5 Å². The quantitative estimate of drug-likeness (QED) is 0.483. The third-order valence-corrected chi connectivity index (χ3v) is 4.88. The van der Waals surface area contributed by atoms with Crippen LogP contribution in [0.25, 0.3) is 27.9 Å². The number of halogens is 1. The summed E-state index contributed by atoms with van der Waals surface area (Å²) in [5.74, 6) is 5.84. The van der Waals surface area contributed by atoms with Gasteiger partial charge in [0.2, 0.25) is 0 Å². The summed E-state index contributed by atoms with van der Waals surface area (Å²) in [7, 11) is 0. The zero-order chi connectivity index (χ0) is 18.1. The summed E-state index contributed by atoms with van der Waals surface area (Å²) >= 11 is 6.19. The van der Waals surface area contributed by atoms with Gasteiger partial charge in [0.25, 0.3) is 0 Å². The molecular formula is C18H21ClN6O. The van der Waals surface area contributed by atoms with Crippen LogP contribution in [0.5, 0.6) is 0 Å². The highest BCUT2D eigenvalue weighted by atomic mass is 35.5. The molecule has 0 bridgehead atoms. The van der Waals surface area contributed by atoms with Crippen molar-refractivity contribution in [3.63, 3.8) is 0 Å². The lowest BCUT2D eigenvalue weighted by Crippen LogP contribution is -2.18. The van der Waals surface area contributed by atoms with Gasteiger partial charge in [-0.25, -0.2) is 4.68 Å². The summed E-state index contributed by atoms with van der Waals surface area (Å²) in [5, 5.41) is 6.19. The number of aromatic nitrogens is 3. The second-order valence-electron chi connectivity index (χ2n) is 6.34. The average molecular weight is 373 g/mol. The monoisotopic (exact) mass is 372 g/mol. The van der Waals surface area contributed by atoms with E-state index in [1.54, 1.807) is 0 Å². The van der Waals surface area contributed by atoms with Crippen LogP contribution in [0.3, 0.4) is 0 Å². The van der Waals surface area contributed by atoms with Crippen molar-refractivity contribution in [2.75, 3.05) is 6.61 Å². The van der Waals surface area contributed by atoms with E-state index in [0.717, 1.165) is 47.9 Å². The molecule has 5 N–H and O–H groups in total. The van der Waals surface area contributed by atoms with Crippen molar-refractivity contribution in [2.45, 2.75) is 25.5 Å². The molecule has 1 aliphatic rings. The van der Waals surface area contributed by atoms with Crippen LogP contribution in [0.1, 0.15) is 25.5 Å². The molecule has 1 fully saturated rings. The van der Waals surface area contributed by atoms with Gasteiger partial charge in [-0.3, -0.25) is 5.84 Å². The molecule has 7 nitrogen and oxygen atoms in total. The SMILES string of the molecule is NN/C=C(\N)n1cc(-c2cnn(C3CCCCO3)c2)c2ccc(Cl)cc21. The molecule has 3 heterocycles. The zero-order valence-electron chi connectivity index (χ0n) is 14.2. The van der Waals surface area contributed by atoms with E-state index in [1.165, 1.54) is 6.20 Å². The Kier molecular flexibility index (Phi) is 4.58. The molecule has 4 rings (SSSR count). The Morgan fingerprint density at radius 1 is 1.35 bits per heavy atom. The lowest BCUT2D eigenvalue weighted by molar-refractivity contribution is -0.0394. The van der Waals surface area contributed by atoms with Crippen molar-refractivity contribution in [2.24, 2.45) is 11.6 Å². The van der Waals surface area contributed by atoms with Crippen molar-refractivity contribution in [3.8, 4) is 11.1 Å². The number of fused-ring (bicyclic) bond motifs is 1. The van der Waals surface area contributed by atoms with Gasteiger partial charge in [-0.2, -0.15) is 5.10 Å². The minimum atomic E-state index is 0.00620. The first-order valence-corrected chi connectivity index (χ1v) is 8.94. The van der Waals surface area contributed by atoms with Crippen LogP contribution in [-0.4, -0.2) is 21.0 Å². The maximum Gasteiger partial charge on any atom is 0.150 e. The van der Waals surface area contributed by atoms with E-state index in [-0.39, 0.29) is 6.23 Å². The minimum Gasteiger partial charge on any atom is -0.384 e. The standard InChI is InChI=1S/C18H21ClN6O/c19-13-4-5-14-15(11-24(16(14)7-13)17(20)9-22-21)12-8-23-25(10-12)18-3-1-2-6-26-18/h4-5,7-11,18,22H,1-3,6,20-21H2/b17-9+. The predicted molar refractivity (Wildman–Crippen MR) is 103 cm³/mol. The Morgan fingerprint density at radius 2 is 2.23 bits per heavy atom. The van der Waals surface area contributed by atoms with Crippen LogP contribution in [0, 0.1) is 0 Å². The number of rotatable bonds is 4. The molecule has 1 unspecified atom stereocenters.